The number of hydrogen-bond donors (Lipinski definition) is 1. The average molecular weight is 529 g/mol. The smallest absolute Gasteiger partial charge is 0.303 e. The number of rotatable bonds is 8. The number of hydrogen-bond acceptors (Lipinski definition) is 5. The van der Waals surface area contributed by atoms with Crippen LogP contribution in [0.25, 0.3) is 11.1 Å². The molecule has 2 aromatic rings. The van der Waals surface area contributed by atoms with Crippen molar-refractivity contribution < 1.29 is 27.1 Å². The van der Waals surface area contributed by atoms with E-state index in [4.69, 9.17) is 4.74 Å². The molecule has 0 radical (unpaired) electrons. The Balaban J connectivity index is 1.49. The molecule has 2 saturated carbocycles. The van der Waals surface area contributed by atoms with Crippen LogP contribution in [0, 0.1) is 11.7 Å². The van der Waals surface area contributed by atoms with E-state index in [2.05, 4.69) is 10.8 Å². The van der Waals surface area contributed by atoms with E-state index < -0.39 is 40.1 Å². The second-order valence-corrected chi connectivity index (χ2v) is 12.5. The summed E-state index contributed by atoms with van der Waals surface area (Å²) >= 11 is 0. The van der Waals surface area contributed by atoms with Crippen molar-refractivity contribution in [3.63, 3.8) is 0 Å². The van der Waals surface area contributed by atoms with Gasteiger partial charge in [-0.25, -0.2) is 17.5 Å². The van der Waals surface area contributed by atoms with Crippen molar-refractivity contribution in [3.05, 3.63) is 59.4 Å². The van der Waals surface area contributed by atoms with E-state index in [1.165, 1.54) is 19.4 Å². The van der Waals surface area contributed by atoms with E-state index in [-0.39, 0.29) is 24.2 Å². The van der Waals surface area contributed by atoms with Crippen molar-refractivity contribution in [2.24, 2.45) is 5.92 Å². The van der Waals surface area contributed by atoms with Crippen LogP contribution in [0.15, 0.2) is 42.5 Å². The van der Waals surface area contributed by atoms with Gasteiger partial charge in [0.2, 0.25) is 10.0 Å². The summed E-state index contributed by atoms with van der Waals surface area (Å²) in [5, 5.41) is 0. The molecule has 2 aliphatic heterocycles. The van der Waals surface area contributed by atoms with Gasteiger partial charge in [0.15, 0.2) is 6.10 Å². The first-order valence-electron chi connectivity index (χ1n) is 12.9. The summed E-state index contributed by atoms with van der Waals surface area (Å²) in [4.78, 5) is 26.6. The lowest BCUT2D eigenvalue weighted by Gasteiger charge is -2.58. The summed E-state index contributed by atoms with van der Waals surface area (Å²) < 4.78 is 48.4. The summed E-state index contributed by atoms with van der Waals surface area (Å²) in [6.45, 7) is 2.75. The zero-order valence-corrected chi connectivity index (χ0v) is 22.1. The fourth-order valence-electron chi connectivity index (χ4n) is 5.97. The van der Waals surface area contributed by atoms with Gasteiger partial charge in [0, 0.05) is 24.6 Å². The van der Waals surface area contributed by atoms with Gasteiger partial charge in [0.1, 0.15) is 5.82 Å². The number of nitrogens with zero attached hydrogens (tertiary/aromatic N) is 1. The molecule has 0 spiro atoms. The quantitative estimate of drug-likeness (QED) is 0.527. The molecule has 198 valence electrons. The van der Waals surface area contributed by atoms with Crippen LogP contribution >= 0.6 is 0 Å². The summed E-state index contributed by atoms with van der Waals surface area (Å²) in [6, 6.07) is 11.9. The maximum absolute atomic E-state index is 16.0. The molecule has 3 atom stereocenters. The first-order valence-corrected chi connectivity index (χ1v) is 14.8. The maximum atomic E-state index is 16.0. The Morgan fingerprint density at radius 2 is 1.86 bits per heavy atom. The minimum atomic E-state index is -3.58. The van der Waals surface area contributed by atoms with Gasteiger partial charge < -0.3 is 9.64 Å². The van der Waals surface area contributed by atoms with E-state index >= 15 is 4.39 Å². The number of amides is 1. The highest BCUT2D eigenvalue weighted by Crippen LogP contribution is 2.45. The number of halogens is 1. The van der Waals surface area contributed by atoms with Crippen LogP contribution in [-0.4, -0.2) is 55.7 Å². The van der Waals surface area contributed by atoms with E-state index in [1.54, 1.807) is 23.1 Å². The van der Waals surface area contributed by atoms with Crippen LogP contribution in [0.3, 0.4) is 0 Å². The Bertz CT molecular complexity index is 1320. The molecule has 1 amide bonds. The summed E-state index contributed by atoms with van der Waals surface area (Å²) in [7, 11) is -3.58. The Hall–Kier alpha value is -2.78. The van der Waals surface area contributed by atoms with Crippen LogP contribution in [-0.2, 0) is 30.8 Å². The Labute approximate surface area is 217 Å². The minimum absolute atomic E-state index is 0.0549. The van der Waals surface area contributed by atoms with Gasteiger partial charge in [-0.2, -0.15) is 0 Å². The molecule has 7 nitrogen and oxygen atoms in total. The molecular formula is C28H33FN2O5S. The topological polar surface area (TPSA) is 92.8 Å². The third-order valence-corrected chi connectivity index (χ3v) is 8.57. The highest BCUT2D eigenvalue weighted by atomic mass is 32.2. The predicted octanol–water partition coefficient (Wildman–Crippen LogP) is 3.77. The number of benzene rings is 2. The van der Waals surface area contributed by atoms with Crippen LogP contribution in [0.1, 0.15) is 56.6 Å². The molecule has 2 aliphatic carbocycles. The molecule has 2 saturated heterocycles. The highest BCUT2D eigenvalue weighted by Gasteiger charge is 2.54. The highest BCUT2D eigenvalue weighted by molar-refractivity contribution is 7.88. The number of ether oxygens (including phenoxy) is 1. The number of carbonyl (C=O) groups is 2. The lowest BCUT2D eigenvalue weighted by Crippen LogP contribution is -2.71. The molecule has 6 rings (SSSR count). The molecule has 1 N–H and O–H groups in total. The molecule has 0 aromatic heterocycles. The zero-order valence-electron chi connectivity index (χ0n) is 21.3. The second-order valence-electron chi connectivity index (χ2n) is 10.7. The Morgan fingerprint density at radius 3 is 2.51 bits per heavy atom. The van der Waals surface area contributed by atoms with Crippen molar-refractivity contribution in [1.82, 2.24) is 9.62 Å². The second kappa shape index (κ2) is 9.83. The predicted molar refractivity (Wildman–Crippen MR) is 138 cm³/mol. The number of carbonyl (C=O) groups excluding carboxylic acids is 2. The van der Waals surface area contributed by atoms with Gasteiger partial charge in [-0.15, -0.1) is 0 Å². The third-order valence-electron chi connectivity index (χ3n) is 7.87. The summed E-state index contributed by atoms with van der Waals surface area (Å²) in [5.41, 5.74) is 2.92. The van der Waals surface area contributed by atoms with Crippen LogP contribution < -0.4 is 4.72 Å². The van der Waals surface area contributed by atoms with Crippen molar-refractivity contribution in [2.75, 3.05) is 6.26 Å². The molecule has 0 unspecified atom stereocenters. The van der Waals surface area contributed by atoms with Gasteiger partial charge in [0.05, 0.1) is 12.3 Å². The fraction of sp³-hybridized carbons (Fsp3) is 0.500. The molecule has 2 aromatic carbocycles. The van der Waals surface area contributed by atoms with Crippen molar-refractivity contribution in [2.45, 2.75) is 76.1 Å². The van der Waals surface area contributed by atoms with Gasteiger partial charge in [-0.3, -0.25) is 9.59 Å². The first kappa shape index (κ1) is 25.9. The monoisotopic (exact) mass is 528 g/mol. The fourth-order valence-corrected chi connectivity index (χ4v) is 6.81. The van der Waals surface area contributed by atoms with Crippen molar-refractivity contribution in [1.29, 1.82) is 0 Å². The first-order chi connectivity index (χ1) is 17.5. The lowest BCUT2D eigenvalue weighted by molar-refractivity contribution is -0.168. The maximum Gasteiger partial charge on any atom is 0.303 e. The van der Waals surface area contributed by atoms with Crippen molar-refractivity contribution in [3.8, 4) is 11.1 Å². The molecule has 4 fully saturated rings. The molecule has 2 bridgehead atoms. The van der Waals surface area contributed by atoms with Gasteiger partial charge in [0.25, 0.3) is 5.91 Å². The number of esters is 1. The molecule has 9 heteroatoms. The van der Waals surface area contributed by atoms with Gasteiger partial charge in [-0.1, -0.05) is 42.5 Å². The number of piperidine rings is 2. The molecule has 2 heterocycles. The van der Waals surface area contributed by atoms with Crippen molar-refractivity contribution >= 4 is 21.9 Å². The van der Waals surface area contributed by atoms with Crippen LogP contribution in [0.5, 0.6) is 0 Å². The SMILES string of the molecule is CC(=O)O[C@H](C)C(=O)N1C2CC(C2)[C@H](NS(C)(=O)=O)[C@@H]1Cc1cccc(-c2cccc(C3CC3)c2)c1F. The number of sulfonamides is 1. The van der Waals surface area contributed by atoms with E-state index in [9.17, 15) is 18.0 Å². The number of fused-ring (bicyclic) bond motifs is 2. The Kier molecular flexibility index (Phi) is 6.87. The lowest BCUT2D eigenvalue weighted by atomic mass is 9.66. The molecule has 37 heavy (non-hydrogen) atoms. The largest absolute Gasteiger partial charge is 0.453 e. The summed E-state index contributed by atoms with van der Waals surface area (Å²) in [6.07, 6.45) is 3.83. The van der Waals surface area contributed by atoms with Gasteiger partial charge in [-0.05, 0) is 67.6 Å². The van der Waals surface area contributed by atoms with E-state index in [0.29, 0.717) is 29.9 Å². The van der Waals surface area contributed by atoms with E-state index in [0.717, 1.165) is 24.7 Å². The normalized spacial score (nSPS) is 25.8. The third kappa shape index (κ3) is 5.43. The average Bonchev–Trinajstić information content (AvgIpc) is 3.64. The van der Waals surface area contributed by atoms with Crippen LogP contribution in [0.4, 0.5) is 4.39 Å². The number of nitrogens with one attached hydrogen (secondary N) is 1. The van der Waals surface area contributed by atoms with Crippen LogP contribution in [0.2, 0.25) is 0 Å². The standard InChI is InChI=1S/C28H33FN2O5S/c1-16(36-17(2)32)28(33)31-23-13-22(14-23)27(30-37(3,34)35)25(31)15-21-8-5-9-24(26(21)29)20-7-4-6-19(12-20)18-10-11-18/h4-9,12,16,18,22-23,25,27,30H,10-11,13-15H2,1-3H3/t16-,22?,23?,25+,27+/m1/s1. The molecular weight excluding hydrogens is 495 g/mol. The molecule has 4 aliphatic rings. The minimum Gasteiger partial charge on any atom is -0.453 e. The van der Waals surface area contributed by atoms with E-state index in [1.807, 2.05) is 18.2 Å². The van der Waals surface area contributed by atoms with Gasteiger partial charge >= 0.3 is 5.97 Å². The summed E-state index contributed by atoms with van der Waals surface area (Å²) in [5.74, 6) is -0.731. The zero-order chi connectivity index (χ0) is 26.5. The Morgan fingerprint density at radius 1 is 1.16 bits per heavy atom.